The minimum Gasteiger partial charge on any atom is -0.507 e. The van der Waals surface area contributed by atoms with Crippen LogP contribution in [0.5, 0.6) is 5.75 Å². The Morgan fingerprint density at radius 2 is 2.03 bits per heavy atom. The van der Waals surface area contributed by atoms with Crippen LogP contribution in [0.25, 0.3) is 11.6 Å². The van der Waals surface area contributed by atoms with Gasteiger partial charge in [0.25, 0.3) is 0 Å². The van der Waals surface area contributed by atoms with Crippen molar-refractivity contribution < 1.29 is 24.9 Å². The number of halogens is 1. The molecule has 196 valence electrons. The van der Waals surface area contributed by atoms with E-state index in [-0.39, 0.29) is 24.2 Å². The first-order valence-electron chi connectivity index (χ1n) is 12.7. The van der Waals surface area contributed by atoms with Crippen molar-refractivity contribution in [3.63, 3.8) is 0 Å². The van der Waals surface area contributed by atoms with Gasteiger partial charge in [-0.3, -0.25) is 19.5 Å². The third kappa shape index (κ3) is 5.56. The lowest BCUT2D eigenvalue weighted by Crippen LogP contribution is -2.38. The number of phenols is 1. The molecule has 8 heteroatoms. The molecule has 0 radical (unpaired) electrons. The van der Waals surface area contributed by atoms with Crippen LogP contribution >= 0.6 is 15.9 Å². The molecule has 7 nitrogen and oxygen atoms in total. The van der Waals surface area contributed by atoms with E-state index in [9.17, 15) is 24.9 Å². The molecule has 2 aliphatic rings. The van der Waals surface area contributed by atoms with Crippen molar-refractivity contribution in [1.29, 1.82) is 0 Å². The number of benzene rings is 1. The Morgan fingerprint density at radius 3 is 2.70 bits per heavy atom. The number of likely N-dealkylation sites (tertiary alicyclic amines) is 1. The number of aliphatic hydroxyl groups excluding tert-OH is 2. The highest BCUT2D eigenvalue weighted by molar-refractivity contribution is 9.10. The van der Waals surface area contributed by atoms with E-state index in [2.05, 4.69) is 20.9 Å². The van der Waals surface area contributed by atoms with E-state index >= 15 is 0 Å². The van der Waals surface area contributed by atoms with Gasteiger partial charge in [-0.2, -0.15) is 0 Å². The highest BCUT2D eigenvalue weighted by Gasteiger charge is 2.54. The van der Waals surface area contributed by atoms with Crippen LogP contribution in [0.3, 0.4) is 0 Å². The molecule has 0 bridgehead atoms. The summed E-state index contributed by atoms with van der Waals surface area (Å²) in [6.07, 6.45) is 4.52. The number of carbonyl (C=O) groups excluding carboxylic acids is 2. The zero-order chi connectivity index (χ0) is 26.7. The lowest BCUT2D eigenvalue weighted by molar-refractivity contribution is -0.140. The van der Waals surface area contributed by atoms with Crippen LogP contribution in [0, 0.1) is 17.8 Å². The second-order valence-electron chi connectivity index (χ2n) is 9.83. The molecule has 1 aromatic heterocycles. The van der Waals surface area contributed by atoms with Crippen LogP contribution in [-0.2, 0) is 9.59 Å². The first-order valence-corrected chi connectivity index (χ1v) is 13.5. The van der Waals surface area contributed by atoms with Gasteiger partial charge in [0.05, 0.1) is 30.2 Å². The number of phenolic OH excluding ortho intramolecular Hbond substituents is 1. The maximum Gasteiger partial charge on any atom is 0.233 e. The minimum atomic E-state index is -0.899. The third-order valence-corrected chi connectivity index (χ3v) is 7.92. The summed E-state index contributed by atoms with van der Waals surface area (Å²) in [5.41, 5.74) is 3.71. The molecule has 0 saturated carbocycles. The molecule has 2 aromatic rings. The summed E-state index contributed by atoms with van der Waals surface area (Å²) in [6.45, 7) is 3.87. The van der Waals surface area contributed by atoms with E-state index in [1.807, 2.05) is 44.2 Å². The number of aliphatic hydroxyl groups is 2. The van der Waals surface area contributed by atoms with Gasteiger partial charge in [0.15, 0.2) is 0 Å². The Morgan fingerprint density at radius 1 is 1.24 bits per heavy atom. The summed E-state index contributed by atoms with van der Waals surface area (Å²) in [6, 6.07) is 10.8. The van der Waals surface area contributed by atoms with Gasteiger partial charge < -0.3 is 15.3 Å². The van der Waals surface area contributed by atoms with Gasteiger partial charge in [-0.15, -0.1) is 0 Å². The average molecular weight is 569 g/mol. The molecule has 4 rings (SSSR count). The van der Waals surface area contributed by atoms with Crippen molar-refractivity contribution in [3.8, 4) is 5.75 Å². The fourth-order valence-corrected chi connectivity index (χ4v) is 6.11. The van der Waals surface area contributed by atoms with Gasteiger partial charge in [-0.25, -0.2) is 0 Å². The molecule has 3 N–H and O–H groups in total. The number of aromatic hydroxyl groups is 1. The van der Waals surface area contributed by atoms with Gasteiger partial charge in [0.1, 0.15) is 5.75 Å². The normalized spacial score (nSPS) is 23.0. The van der Waals surface area contributed by atoms with Crippen molar-refractivity contribution in [2.45, 2.75) is 45.6 Å². The molecule has 0 spiro atoms. The molecule has 4 atom stereocenters. The van der Waals surface area contributed by atoms with Gasteiger partial charge >= 0.3 is 0 Å². The first kappa shape index (κ1) is 27.2. The molecule has 0 unspecified atom stereocenters. The van der Waals surface area contributed by atoms with E-state index < -0.39 is 23.9 Å². The molecule has 1 aliphatic carbocycles. The summed E-state index contributed by atoms with van der Waals surface area (Å²) in [7, 11) is 0. The van der Waals surface area contributed by atoms with Crippen LogP contribution < -0.4 is 0 Å². The fourth-order valence-electron chi connectivity index (χ4n) is 5.73. The van der Waals surface area contributed by atoms with Crippen molar-refractivity contribution in [1.82, 2.24) is 9.88 Å². The molecule has 2 amide bonds. The Hall–Kier alpha value is -2.81. The zero-order valence-electron chi connectivity index (χ0n) is 21.1. The number of hydrogen-bond donors (Lipinski definition) is 3. The minimum absolute atomic E-state index is 0.135. The molecule has 1 aromatic carbocycles. The van der Waals surface area contributed by atoms with Crippen LogP contribution in [0.15, 0.2) is 58.2 Å². The molecule has 1 saturated heterocycles. The Balaban J connectivity index is 1.60. The van der Waals surface area contributed by atoms with Crippen molar-refractivity contribution >= 4 is 39.4 Å². The van der Waals surface area contributed by atoms with E-state index in [4.69, 9.17) is 0 Å². The number of pyridine rings is 1. The second-order valence-corrected chi connectivity index (χ2v) is 10.7. The number of rotatable bonds is 9. The maximum absolute atomic E-state index is 13.1. The number of imide groups is 1. The third-order valence-electron chi connectivity index (χ3n) is 7.42. The maximum atomic E-state index is 13.1. The van der Waals surface area contributed by atoms with Crippen molar-refractivity contribution in [2.75, 3.05) is 13.2 Å². The summed E-state index contributed by atoms with van der Waals surface area (Å²) in [5.74, 6) is -1.99. The average Bonchev–Trinajstić information content (AvgIpc) is 3.12. The molecular formula is C29H33BrN2O5. The fraction of sp³-hybridized carbons (Fsp3) is 0.414. The van der Waals surface area contributed by atoms with Crippen LogP contribution in [0.4, 0.5) is 0 Å². The number of fused-ring (bicyclic) bond motifs is 1. The summed E-state index contributed by atoms with van der Waals surface area (Å²) in [4.78, 5) is 31.9. The number of allylic oxidation sites excluding steroid dienone is 2. The first-order chi connectivity index (χ1) is 17.8. The number of amides is 2. The predicted molar refractivity (Wildman–Crippen MR) is 145 cm³/mol. The van der Waals surface area contributed by atoms with Crippen LogP contribution in [0.2, 0.25) is 0 Å². The van der Waals surface area contributed by atoms with Gasteiger partial charge in [-0.1, -0.05) is 34.5 Å². The molecule has 2 heterocycles. The molecule has 1 aliphatic heterocycles. The Labute approximate surface area is 225 Å². The topological polar surface area (TPSA) is 111 Å². The quantitative estimate of drug-likeness (QED) is 0.302. The second kappa shape index (κ2) is 11.7. The highest BCUT2D eigenvalue weighted by atomic mass is 79.9. The van der Waals surface area contributed by atoms with E-state index in [0.29, 0.717) is 43.4 Å². The lowest BCUT2D eigenvalue weighted by Gasteiger charge is -2.35. The number of carbonyl (C=O) groups is 2. The van der Waals surface area contributed by atoms with Gasteiger partial charge in [0, 0.05) is 28.7 Å². The zero-order valence-corrected chi connectivity index (χ0v) is 22.7. The Kier molecular flexibility index (Phi) is 8.62. The van der Waals surface area contributed by atoms with Crippen LogP contribution in [-0.4, -0.2) is 56.3 Å². The van der Waals surface area contributed by atoms with Gasteiger partial charge in [0.2, 0.25) is 11.8 Å². The predicted octanol–water partition coefficient (Wildman–Crippen LogP) is 4.57. The SMILES string of the molecule is CCCN1C(=O)[C@@H]2[C@@H](CC(C)=C([C@H](O)CC/C(=C/c3cc(Br)ccc3O)c3ccccn3)[C@@H]2CO)C1=O. The van der Waals surface area contributed by atoms with E-state index in [1.54, 1.807) is 18.3 Å². The highest BCUT2D eigenvalue weighted by Crippen LogP contribution is 2.46. The Bertz CT molecular complexity index is 1230. The summed E-state index contributed by atoms with van der Waals surface area (Å²) in [5, 5.41) is 32.1. The number of nitrogens with zero attached hydrogens (tertiary/aromatic N) is 2. The largest absolute Gasteiger partial charge is 0.507 e. The molecular weight excluding hydrogens is 536 g/mol. The van der Waals surface area contributed by atoms with Crippen molar-refractivity contribution in [3.05, 3.63) is 69.5 Å². The van der Waals surface area contributed by atoms with Gasteiger partial charge in [-0.05, 0) is 80.2 Å². The summed E-state index contributed by atoms with van der Waals surface area (Å²) < 4.78 is 0.827. The monoisotopic (exact) mass is 568 g/mol. The van der Waals surface area contributed by atoms with Crippen molar-refractivity contribution in [2.24, 2.45) is 17.8 Å². The summed E-state index contributed by atoms with van der Waals surface area (Å²) >= 11 is 3.44. The lowest BCUT2D eigenvalue weighted by atomic mass is 9.68. The molecule has 37 heavy (non-hydrogen) atoms. The number of hydrogen-bond acceptors (Lipinski definition) is 6. The van der Waals surface area contributed by atoms with Crippen LogP contribution in [0.1, 0.15) is 50.8 Å². The smallest absolute Gasteiger partial charge is 0.233 e. The standard InChI is InChI=1S/C29H33BrN2O5/c1-3-12-32-28(36)21-13-17(2)26(22(16-33)27(21)29(32)37)25(35)9-7-18(23-6-4-5-11-31-23)14-19-15-20(30)8-10-24(19)34/h4-6,8,10-11,14-15,21-22,25,27,33-35H,3,7,9,12-13,16H2,1-2H3/b18-14-/t21-,22+,25-,27-/m1/s1. The number of aromatic nitrogens is 1. The molecule has 1 fully saturated rings. The van der Waals surface area contributed by atoms with E-state index in [0.717, 1.165) is 21.3 Å². The van der Waals surface area contributed by atoms with E-state index in [1.165, 1.54) is 4.90 Å².